The molecule has 1 saturated heterocycles. The minimum absolute atomic E-state index is 0.783. The lowest BCUT2D eigenvalue weighted by atomic mass is 10.1. The molecule has 2 rings (SSSR count). The molecular weight excluding hydrogens is 202 g/mol. The first kappa shape index (κ1) is 11.0. The molecule has 1 atom stereocenters. The van der Waals surface area contributed by atoms with E-state index >= 15 is 0 Å². The van der Waals surface area contributed by atoms with E-state index in [0.29, 0.717) is 0 Å². The van der Waals surface area contributed by atoms with Gasteiger partial charge < -0.3 is 5.32 Å². The van der Waals surface area contributed by atoms with E-state index in [1.54, 1.807) is 0 Å². The maximum Gasteiger partial charge on any atom is 0.0166 e. The summed E-state index contributed by atoms with van der Waals surface area (Å²) in [5.74, 6) is 2.65. The summed E-state index contributed by atoms with van der Waals surface area (Å²) in [5, 5.41) is 3.63. The fourth-order valence-corrected chi connectivity index (χ4v) is 3.13. The van der Waals surface area contributed by atoms with Gasteiger partial charge in [-0.25, -0.2) is 0 Å². The van der Waals surface area contributed by atoms with Gasteiger partial charge in [0.1, 0.15) is 0 Å². The molecule has 0 radical (unpaired) electrons. The van der Waals surface area contributed by atoms with Crippen LogP contribution >= 0.6 is 11.8 Å². The lowest BCUT2D eigenvalue weighted by Crippen LogP contribution is -2.29. The zero-order valence-corrected chi connectivity index (χ0v) is 9.93. The largest absolute Gasteiger partial charge is 0.313 e. The Morgan fingerprint density at radius 2 is 2.13 bits per heavy atom. The second-order valence-corrected chi connectivity index (χ2v) is 5.25. The summed E-state index contributed by atoms with van der Waals surface area (Å²) >= 11 is 2.07. The minimum atomic E-state index is 0.783. The smallest absolute Gasteiger partial charge is 0.0166 e. The minimum Gasteiger partial charge on any atom is -0.313 e. The summed E-state index contributed by atoms with van der Waals surface area (Å²) in [6.07, 6.45) is 3.81. The Balaban J connectivity index is 1.59. The zero-order chi connectivity index (χ0) is 10.3. The van der Waals surface area contributed by atoms with Crippen LogP contribution in [0, 0.1) is 0 Å². The Morgan fingerprint density at radius 1 is 1.27 bits per heavy atom. The van der Waals surface area contributed by atoms with E-state index in [-0.39, 0.29) is 0 Å². The Kier molecular flexibility index (Phi) is 4.55. The standard InChI is InChI=1S/C13H19NS/c1-2-5-12(6-3-1)7-4-9-14-13-8-10-15-11-13/h1-3,5-6,13-14H,4,7-11H2. The summed E-state index contributed by atoms with van der Waals surface area (Å²) in [6.45, 7) is 1.17. The SMILES string of the molecule is c1ccc(CCCNC2CCSC2)cc1. The van der Waals surface area contributed by atoms with Gasteiger partial charge in [-0.05, 0) is 37.1 Å². The Morgan fingerprint density at radius 3 is 2.87 bits per heavy atom. The Bertz CT molecular complexity index is 267. The molecule has 1 nitrogen and oxygen atoms in total. The number of aryl methyl sites for hydroxylation is 1. The summed E-state index contributed by atoms with van der Waals surface area (Å²) in [7, 11) is 0. The number of benzene rings is 1. The van der Waals surface area contributed by atoms with Crippen molar-refractivity contribution in [3.8, 4) is 0 Å². The fourth-order valence-electron chi connectivity index (χ4n) is 1.94. The topological polar surface area (TPSA) is 12.0 Å². The van der Waals surface area contributed by atoms with Gasteiger partial charge in [-0.3, -0.25) is 0 Å². The highest BCUT2D eigenvalue weighted by atomic mass is 32.2. The molecule has 0 bridgehead atoms. The third-order valence-corrected chi connectivity index (χ3v) is 4.01. The molecule has 82 valence electrons. The maximum absolute atomic E-state index is 3.63. The van der Waals surface area contributed by atoms with Gasteiger partial charge in [-0.15, -0.1) is 0 Å². The molecule has 1 unspecified atom stereocenters. The predicted octanol–water partition coefficient (Wildman–Crippen LogP) is 2.71. The van der Waals surface area contributed by atoms with E-state index < -0.39 is 0 Å². The number of hydrogen-bond donors (Lipinski definition) is 1. The van der Waals surface area contributed by atoms with Crippen LogP contribution < -0.4 is 5.32 Å². The van der Waals surface area contributed by atoms with Gasteiger partial charge in [0.05, 0.1) is 0 Å². The molecular formula is C13H19NS. The number of nitrogens with one attached hydrogen (secondary N) is 1. The predicted molar refractivity (Wildman–Crippen MR) is 68.5 cm³/mol. The van der Waals surface area contributed by atoms with Crippen molar-refractivity contribution in [1.82, 2.24) is 5.32 Å². The first-order valence-electron chi connectivity index (χ1n) is 5.80. The van der Waals surface area contributed by atoms with E-state index in [0.717, 1.165) is 6.04 Å². The van der Waals surface area contributed by atoms with Crippen molar-refractivity contribution < 1.29 is 0 Å². The van der Waals surface area contributed by atoms with Gasteiger partial charge in [0.2, 0.25) is 0 Å². The quantitative estimate of drug-likeness (QED) is 0.767. The Hall–Kier alpha value is -0.470. The maximum atomic E-state index is 3.63. The second-order valence-electron chi connectivity index (χ2n) is 4.10. The molecule has 1 aromatic rings. The molecule has 1 aliphatic rings. The molecule has 0 spiro atoms. The van der Waals surface area contributed by atoms with E-state index in [1.807, 2.05) is 0 Å². The second kappa shape index (κ2) is 6.19. The van der Waals surface area contributed by atoms with E-state index in [1.165, 1.54) is 42.9 Å². The van der Waals surface area contributed by atoms with Gasteiger partial charge in [0, 0.05) is 11.8 Å². The van der Waals surface area contributed by atoms with Crippen LogP contribution in [0.1, 0.15) is 18.4 Å². The van der Waals surface area contributed by atoms with Crippen molar-refractivity contribution in [2.75, 3.05) is 18.1 Å². The lowest BCUT2D eigenvalue weighted by molar-refractivity contribution is 0.545. The van der Waals surface area contributed by atoms with Crippen LogP contribution in [0.15, 0.2) is 30.3 Å². The number of rotatable bonds is 5. The van der Waals surface area contributed by atoms with Crippen LogP contribution in [0.5, 0.6) is 0 Å². The van der Waals surface area contributed by atoms with Crippen molar-refractivity contribution in [2.24, 2.45) is 0 Å². The molecule has 0 saturated carbocycles. The van der Waals surface area contributed by atoms with E-state index in [9.17, 15) is 0 Å². The number of hydrogen-bond acceptors (Lipinski definition) is 2. The van der Waals surface area contributed by atoms with Crippen LogP contribution in [-0.2, 0) is 6.42 Å². The van der Waals surface area contributed by atoms with E-state index in [4.69, 9.17) is 0 Å². The first-order valence-corrected chi connectivity index (χ1v) is 6.96. The molecule has 0 aliphatic carbocycles. The van der Waals surface area contributed by atoms with Crippen LogP contribution in [0.4, 0.5) is 0 Å². The highest BCUT2D eigenvalue weighted by molar-refractivity contribution is 7.99. The van der Waals surface area contributed by atoms with Gasteiger partial charge >= 0.3 is 0 Å². The molecule has 2 heteroatoms. The summed E-state index contributed by atoms with van der Waals surface area (Å²) in [5.41, 5.74) is 1.46. The fraction of sp³-hybridized carbons (Fsp3) is 0.538. The molecule has 1 aliphatic heterocycles. The van der Waals surface area contributed by atoms with Crippen LogP contribution in [0.25, 0.3) is 0 Å². The monoisotopic (exact) mass is 221 g/mol. The Labute approximate surface area is 96.7 Å². The molecule has 15 heavy (non-hydrogen) atoms. The van der Waals surface area contributed by atoms with Gasteiger partial charge in [0.25, 0.3) is 0 Å². The normalized spacial score (nSPS) is 20.7. The van der Waals surface area contributed by atoms with Gasteiger partial charge in [-0.1, -0.05) is 30.3 Å². The lowest BCUT2D eigenvalue weighted by Gasteiger charge is -2.10. The molecule has 1 heterocycles. The summed E-state index contributed by atoms with van der Waals surface area (Å²) in [4.78, 5) is 0. The van der Waals surface area contributed by atoms with Crippen LogP contribution in [0.2, 0.25) is 0 Å². The van der Waals surface area contributed by atoms with Crippen molar-refractivity contribution in [1.29, 1.82) is 0 Å². The van der Waals surface area contributed by atoms with Crippen molar-refractivity contribution in [2.45, 2.75) is 25.3 Å². The number of thioether (sulfide) groups is 1. The van der Waals surface area contributed by atoms with Crippen molar-refractivity contribution >= 4 is 11.8 Å². The average Bonchev–Trinajstić information content (AvgIpc) is 2.79. The first-order chi connectivity index (χ1) is 7.45. The third kappa shape index (κ3) is 3.88. The zero-order valence-electron chi connectivity index (χ0n) is 9.11. The van der Waals surface area contributed by atoms with Crippen LogP contribution in [0.3, 0.4) is 0 Å². The van der Waals surface area contributed by atoms with Crippen molar-refractivity contribution in [3.63, 3.8) is 0 Å². The summed E-state index contributed by atoms with van der Waals surface area (Å²) < 4.78 is 0. The summed E-state index contributed by atoms with van der Waals surface area (Å²) in [6, 6.07) is 11.5. The third-order valence-electron chi connectivity index (χ3n) is 2.85. The molecule has 1 N–H and O–H groups in total. The molecule has 1 aromatic carbocycles. The van der Waals surface area contributed by atoms with Crippen molar-refractivity contribution in [3.05, 3.63) is 35.9 Å². The molecule has 0 amide bonds. The van der Waals surface area contributed by atoms with Gasteiger partial charge in [-0.2, -0.15) is 11.8 Å². The highest BCUT2D eigenvalue weighted by Gasteiger charge is 2.13. The molecule has 0 aromatic heterocycles. The molecule has 1 fully saturated rings. The van der Waals surface area contributed by atoms with Gasteiger partial charge in [0.15, 0.2) is 0 Å². The highest BCUT2D eigenvalue weighted by Crippen LogP contribution is 2.16. The average molecular weight is 221 g/mol. The van der Waals surface area contributed by atoms with E-state index in [2.05, 4.69) is 47.4 Å². The van der Waals surface area contributed by atoms with Crippen LogP contribution in [-0.4, -0.2) is 24.1 Å².